The van der Waals surface area contributed by atoms with Gasteiger partial charge < -0.3 is 15.5 Å². The monoisotopic (exact) mass is 199 g/mol. The summed E-state index contributed by atoms with van der Waals surface area (Å²) < 4.78 is 0. The first kappa shape index (κ1) is 12.0. The number of nitrogens with zero attached hydrogens (tertiary/aromatic N) is 2. The molecular formula is C11H25N3. The lowest BCUT2D eigenvalue weighted by molar-refractivity contribution is 0.164. The molecule has 14 heavy (non-hydrogen) atoms. The van der Waals surface area contributed by atoms with Gasteiger partial charge in [-0.25, -0.2) is 0 Å². The molecule has 2 N–H and O–H groups in total. The summed E-state index contributed by atoms with van der Waals surface area (Å²) in [4.78, 5) is 4.70. The standard InChI is InChI=1S/C11H25N3/c1-4-14-7-5-10(6-8-14)11(12)9-13(2)3/h10-11H,4-9,12H2,1-3H3. The minimum Gasteiger partial charge on any atom is -0.326 e. The van der Waals surface area contributed by atoms with Crippen LogP contribution in [0.15, 0.2) is 0 Å². The van der Waals surface area contributed by atoms with E-state index in [1.54, 1.807) is 0 Å². The molecule has 1 aliphatic rings. The topological polar surface area (TPSA) is 32.5 Å². The molecule has 1 heterocycles. The van der Waals surface area contributed by atoms with E-state index in [4.69, 9.17) is 5.73 Å². The molecule has 3 nitrogen and oxygen atoms in total. The third kappa shape index (κ3) is 3.56. The molecule has 1 atom stereocenters. The zero-order chi connectivity index (χ0) is 10.6. The number of likely N-dealkylation sites (N-methyl/N-ethyl adjacent to an activating group) is 1. The first-order chi connectivity index (χ1) is 6.63. The smallest absolute Gasteiger partial charge is 0.0197 e. The lowest BCUT2D eigenvalue weighted by Crippen LogP contribution is -2.45. The van der Waals surface area contributed by atoms with Crippen molar-refractivity contribution in [2.45, 2.75) is 25.8 Å². The summed E-state index contributed by atoms with van der Waals surface area (Å²) >= 11 is 0. The third-order valence-electron chi connectivity index (χ3n) is 3.26. The molecule has 0 spiro atoms. The van der Waals surface area contributed by atoms with E-state index < -0.39 is 0 Å². The molecule has 84 valence electrons. The Morgan fingerprint density at radius 2 is 1.93 bits per heavy atom. The van der Waals surface area contributed by atoms with Gasteiger partial charge in [-0.2, -0.15) is 0 Å². The van der Waals surface area contributed by atoms with Crippen LogP contribution in [0.3, 0.4) is 0 Å². The van der Waals surface area contributed by atoms with Crippen molar-refractivity contribution in [3.63, 3.8) is 0 Å². The second-order valence-electron chi connectivity index (χ2n) is 4.70. The number of hydrogen-bond acceptors (Lipinski definition) is 3. The number of likely N-dealkylation sites (tertiary alicyclic amines) is 1. The SMILES string of the molecule is CCN1CCC(C(N)CN(C)C)CC1. The predicted octanol–water partition coefficient (Wildman–Crippen LogP) is 0.607. The molecule has 1 rings (SSSR count). The van der Waals surface area contributed by atoms with Gasteiger partial charge >= 0.3 is 0 Å². The maximum absolute atomic E-state index is 6.18. The van der Waals surface area contributed by atoms with Gasteiger partial charge in [0.15, 0.2) is 0 Å². The molecule has 0 aromatic carbocycles. The Balaban J connectivity index is 2.26. The highest BCUT2D eigenvalue weighted by atomic mass is 15.1. The fraction of sp³-hybridized carbons (Fsp3) is 1.00. The summed E-state index contributed by atoms with van der Waals surface area (Å²) in [5.41, 5.74) is 6.18. The second-order valence-corrected chi connectivity index (χ2v) is 4.70. The summed E-state index contributed by atoms with van der Waals surface area (Å²) in [6.07, 6.45) is 2.56. The lowest BCUT2D eigenvalue weighted by atomic mass is 9.89. The molecule has 1 fully saturated rings. The number of rotatable bonds is 4. The van der Waals surface area contributed by atoms with Crippen LogP contribution in [-0.2, 0) is 0 Å². The van der Waals surface area contributed by atoms with E-state index in [0.29, 0.717) is 6.04 Å². The van der Waals surface area contributed by atoms with Crippen LogP contribution >= 0.6 is 0 Å². The summed E-state index contributed by atoms with van der Waals surface area (Å²) in [6.45, 7) is 6.93. The van der Waals surface area contributed by atoms with E-state index in [1.807, 2.05) is 0 Å². The van der Waals surface area contributed by atoms with E-state index in [-0.39, 0.29) is 0 Å². The van der Waals surface area contributed by atoms with Crippen molar-refractivity contribution in [3.8, 4) is 0 Å². The second kappa shape index (κ2) is 5.69. The van der Waals surface area contributed by atoms with Crippen LogP contribution in [-0.4, -0.2) is 56.1 Å². The van der Waals surface area contributed by atoms with E-state index in [2.05, 4.69) is 30.8 Å². The third-order valence-corrected chi connectivity index (χ3v) is 3.26. The highest BCUT2D eigenvalue weighted by Gasteiger charge is 2.23. The molecule has 0 amide bonds. The number of piperidine rings is 1. The van der Waals surface area contributed by atoms with E-state index in [0.717, 1.165) is 12.5 Å². The van der Waals surface area contributed by atoms with Gasteiger partial charge in [-0.15, -0.1) is 0 Å². The Morgan fingerprint density at radius 1 is 1.36 bits per heavy atom. The molecule has 1 unspecified atom stereocenters. The van der Waals surface area contributed by atoms with Crippen molar-refractivity contribution < 1.29 is 0 Å². The average molecular weight is 199 g/mol. The van der Waals surface area contributed by atoms with Crippen molar-refractivity contribution in [2.75, 3.05) is 40.3 Å². The number of nitrogens with two attached hydrogens (primary N) is 1. The van der Waals surface area contributed by atoms with Gasteiger partial charge in [0.05, 0.1) is 0 Å². The summed E-state index contributed by atoms with van der Waals surface area (Å²) in [6, 6.07) is 0.365. The Labute approximate surface area is 88.2 Å². The van der Waals surface area contributed by atoms with Crippen LogP contribution in [0.1, 0.15) is 19.8 Å². The number of hydrogen-bond donors (Lipinski definition) is 1. The van der Waals surface area contributed by atoms with E-state index in [9.17, 15) is 0 Å². The highest BCUT2D eigenvalue weighted by molar-refractivity contribution is 4.80. The summed E-state index contributed by atoms with van der Waals surface area (Å²) in [7, 11) is 4.20. The largest absolute Gasteiger partial charge is 0.326 e. The zero-order valence-corrected chi connectivity index (χ0v) is 9.87. The van der Waals surface area contributed by atoms with Gasteiger partial charge in [-0.05, 0) is 52.5 Å². The summed E-state index contributed by atoms with van der Waals surface area (Å²) in [5.74, 6) is 0.736. The average Bonchev–Trinajstić information content (AvgIpc) is 2.17. The molecule has 1 saturated heterocycles. The van der Waals surface area contributed by atoms with E-state index >= 15 is 0 Å². The lowest BCUT2D eigenvalue weighted by Gasteiger charge is -2.34. The minimum atomic E-state index is 0.365. The Hall–Kier alpha value is -0.120. The molecule has 0 saturated carbocycles. The fourth-order valence-electron chi connectivity index (χ4n) is 2.27. The molecule has 3 heteroatoms. The van der Waals surface area contributed by atoms with Crippen molar-refractivity contribution >= 4 is 0 Å². The summed E-state index contributed by atoms with van der Waals surface area (Å²) in [5, 5.41) is 0. The van der Waals surface area contributed by atoms with Crippen LogP contribution in [0.25, 0.3) is 0 Å². The van der Waals surface area contributed by atoms with Crippen LogP contribution in [0, 0.1) is 5.92 Å². The van der Waals surface area contributed by atoms with Crippen molar-refractivity contribution in [3.05, 3.63) is 0 Å². The van der Waals surface area contributed by atoms with Crippen LogP contribution in [0.5, 0.6) is 0 Å². The molecule has 1 aliphatic heterocycles. The van der Waals surface area contributed by atoms with Crippen LogP contribution in [0.2, 0.25) is 0 Å². The van der Waals surface area contributed by atoms with Gasteiger partial charge in [-0.3, -0.25) is 0 Å². The van der Waals surface area contributed by atoms with E-state index in [1.165, 1.54) is 32.5 Å². The van der Waals surface area contributed by atoms with Gasteiger partial charge in [0, 0.05) is 12.6 Å². The van der Waals surface area contributed by atoms with Gasteiger partial charge in [-0.1, -0.05) is 6.92 Å². The minimum absolute atomic E-state index is 0.365. The van der Waals surface area contributed by atoms with Crippen molar-refractivity contribution in [2.24, 2.45) is 11.7 Å². The van der Waals surface area contributed by atoms with Crippen molar-refractivity contribution in [1.82, 2.24) is 9.80 Å². The van der Waals surface area contributed by atoms with Crippen LogP contribution < -0.4 is 5.73 Å². The normalized spacial score (nSPS) is 22.9. The van der Waals surface area contributed by atoms with Crippen LogP contribution in [0.4, 0.5) is 0 Å². The van der Waals surface area contributed by atoms with Gasteiger partial charge in [0.2, 0.25) is 0 Å². The van der Waals surface area contributed by atoms with Gasteiger partial charge in [0.25, 0.3) is 0 Å². The molecule has 0 radical (unpaired) electrons. The Kier molecular flexibility index (Phi) is 4.85. The first-order valence-corrected chi connectivity index (χ1v) is 5.76. The Bertz CT molecular complexity index is 151. The molecule has 0 aromatic rings. The molecule has 0 bridgehead atoms. The highest BCUT2D eigenvalue weighted by Crippen LogP contribution is 2.19. The first-order valence-electron chi connectivity index (χ1n) is 5.76. The molecule has 0 aliphatic carbocycles. The zero-order valence-electron chi connectivity index (χ0n) is 9.87. The van der Waals surface area contributed by atoms with Crippen molar-refractivity contribution in [1.29, 1.82) is 0 Å². The maximum atomic E-state index is 6.18. The predicted molar refractivity (Wildman–Crippen MR) is 61.4 cm³/mol. The van der Waals surface area contributed by atoms with Gasteiger partial charge in [0.1, 0.15) is 0 Å². The Morgan fingerprint density at radius 3 is 2.36 bits per heavy atom. The maximum Gasteiger partial charge on any atom is 0.0197 e. The molecular weight excluding hydrogens is 174 g/mol. The quantitative estimate of drug-likeness (QED) is 0.720. The fourth-order valence-corrected chi connectivity index (χ4v) is 2.27. The molecule has 0 aromatic heterocycles.